The molecule has 0 radical (unpaired) electrons. The first kappa shape index (κ1) is 15.4. The minimum atomic E-state index is -0.167. The number of hydrogen-bond donors (Lipinski definition) is 1. The predicted molar refractivity (Wildman–Crippen MR) is 83.6 cm³/mol. The van der Waals surface area contributed by atoms with Gasteiger partial charge in [-0.3, -0.25) is 15.0 Å². The Morgan fingerprint density at radius 2 is 2.43 bits per heavy atom. The molecule has 1 saturated heterocycles. The van der Waals surface area contributed by atoms with Crippen molar-refractivity contribution >= 4 is 11.8 Å². The fourth-order valence-corrected chi connectivity index (χ4v) is 2.55. The number of aryl methyl sites for hydroxylation is 1. The highest BCUT2D eigenvalue weighted by Gasteiger charge is 2.24. The first-order chi connectivity index (χ1) is 11.2. The van der Waals surface area contributed by atoms with Gasteiger partial charge in [0.25, 0.3) is 0 Å². The van der Waals surface area contributed by atoms with Crippen LogP contribution in [0.25, 0.3) is 0 Å². The van der Waals surface area contributed by atoms with Crippen LogP contribution in [0, 0.1) is 0 Å². The van der Waals surface area contributed by atoms with Crippen LogP contribution < -0.4 is 5.32 Å². The van der Waals surface area contributed by atoms with E-state index < -0.39 is 0 Å². The van der Waals surface area contributed by atoms with E-state index in [0.29, 0.717) is 19.0 Å². The van der Waals surface area contributed by atoms with Gasteiger partial charge >= 0.3 is 6.03 Å². The van der Waals surface area contributed by atoms with Crippen LogP contribution in [0.15, 0.2) is 30.7 Å². The van der Waals surface area contributed by atoms with Crippen molar-refractivity contribution in [2.75, 3.05) is 18.4 Å². The van der Waals surface area contributed by atoms with Crippen molar-refractivity contribution in [3.8, 4) is 0 Å². The number of carbonyl (C=O) groups is 1. The molecule has 0 saturated carbocycles. The zero-order valence-corrected chi connectivity index (χ0v) is 13.1. The molecule has 3 rings (SSSR count). The molecule has 2 aromatic heterocycles. The molecular formula is C15H20N6O2. The van der Waals surface area contributed by atoms with Crippen LogP contribution in [0.1, 0.15) is 18.4 Å². The number of aromatic nitrogens is 4. The lowest BCUT2D eigenvalue weighted by Crippen LogP contribution is -2.45. The Labute approximate surface area is 134 Å². The molecule has 1 aliphatic rings. The maximum atomic E-state index is 12.3. The van der Waals surface area contributed by atoms with Gasteiger partial charge in [-0.25, -0.2) is 4.79 Å². The second kappa shape index (κ2) is 7.19. The van der Waals surface area contributed by atoms with E-state index in [-0.39, 0.29) is 12.1 Å². The summed E-state index contributed by atoms with van der Waals surface area (Å²) < 4.78 is 7.46. The summed E-state index contributed by atoms with van der Waals surface area (Å²) in [6.07, 6.45) is 7.11. The molecule has 122 valence electrons. The van der Waals surface area contributed by atoms with E-state index in [4.69, 9.17) is 4.74 Å². The Kier molecular flexibility index (Phi) is 4.82. The standard InChI is InChI=1S/C15H20N6O2/c1-20-10-14(18-19-20)17-15(22)21-7-3-5-13(9-21)23-11-12-4-2-6-16-8-12/h2,4,6,8,10,13H,3,5,7,9,11H2,1H3,(H,17,22)/t13-/m0/s1. The number of hydrogen-bond acceptors (Lipinski definition) is 5. The zero-order chi connectivity index (χ0) is 16.1. The average molecular weight is 316 g/mol. The van der Waals surface area contributed by atoms with Gasteiger partial charge in [-0.15, -0.1) is 5.10 Å². The third kappa shape index (κ3) is 4.26. The maximum absolute atomic E-state index is 12.3. The molecule has 1 N–H and O–H groups in total. The van der Waals surface area contributed by atoms with Crippen LogP contribution in [-0.2, 0) is 18.4 Å². The number of urea groups is 1. The number of carbonyl (C=O) groups excluding carboxylic acids is 1. The summed E-state index contributed by atoms with van der Waals surface area (Å²) in [6, 6.07) is 3.70. The Morgan fingerprint density at radius 3 is 3.17 bits per heavy atom. The number of likely N-dealkylation sites (tertiary alicyclic amines) is 1. The van der Waals surface area contributed by atoms with Crippen molar-refractivity contribution in [1.29, 1.82) is 0 Å². The van der Waals surface area contributed by atoms with Crippen molar-refractivity contribution < 1.29 is 9.53 Å². The number of pyridine rings is 1. The Bertz CT molecular complexity index is 644. The van der Waals surface area contributed by atoms with Gasteiger partial charge in [0.05, 0.1) is 18.9 Å². The summed E-state index contributed by atoms with van der Waals surface area (Å²) in [4.78, 5) is 18.1. The molecule has 2 aromatic rings. The molecule has 0 bridgehead atoms. The molecule has 0 unspecified atom stereocenters. The van der Waals surface area contributed by atoms with Crippen molar-refractivity contribution in [1.82, 2.24) is 24.9 Å². The van der Waals surface area contributed by atoms with E-state index in [9.17, 15) is 4.79 Å². The highest BCUT2D eigenvalue weighted by molar-refractivity contribution is 5.88. The van der Waals surface area contributed by atoms with E-state index in [2.05, 4.69) is 20.6 Å². The van der Waals surface area contributed by atoms with Gasteiger partial charge in [-0.2, -0.15) is 0 Å². The third-order valence-electron chi connectivity index (χ3n) is 3.71. The average Bonchev–Trinajstić information content (AvgIpc) is 2.99. The quantitative estimate of drug-likeness (QED) is 0.922. The van der Waals surface area contributed by atoms with Crippen molar-refractivity contribution in [2.24, 2.45) is 7.05 Å². The molecule has 1 fully saturated rings. The Balaban J connectivity index is 1.50. The van der Waals surface area contributed by atoms with Gasteiger partial charge in [0.2, 0.25) is 0 Å². The number of rotatable bonds is 4. The molecule has 23 heavy (non-hydrogen) atoms. The van der Waals surface area contributed by atoms with E-state index in [1.165, 1.54) is 0 Å². The summed E-state index contributed by atoms with van der Waals surface area (Å²) in [5, 5.41) is 10.4. The van der Waals surface area contributed by atoms with Crippen LogP contribution in [0.5, 0.6) is 0 Å². The predicted octanol–water partition coefficient (Wildman–Crippen LogP) is 1.42. The second-order valence-electron chi connectivity index (χ2n) is 5.59. The lowest BCUT2D eigenvalue weighted by atomic mass is 10.1. The summed E-state index contributed by atoms with van der Waals surface area (Å²) in [5.74, 6) is 0.455. The first-order valence-electron chi connectivity index (χ1n) is 7.63. The highest BCUT2D eigenvalue weighted by atomic mass is 16.5. The minimum absolute atomic E-state index is 0.0385. The second-order valence-corrected chi connectivity index (χ2v) is 5.59. The number of nitrogens with zero attached hydrogens (tertiary/aromatic N) is 5. The molecular weight excluding hydrogens is 296 g/mol. The van der Waals surface area contributed by atoms with Crippen molar-refractivity contribution in [3.63, 3.8) is 0 Å². The number of piperidine rings is 1. The van der Waals surface area contributed by atoms with Gasteiger partial charge in [0.15, 0.2) is 5.82 Å². The summed E-state index contributed by atoms with van der Waals surface area (Å²) in [7, 11) is 1.76. The van der Waals surface area contributed by atoms with Crippen LogP contribution in [-0.4, -0.2) is 50.1 Å². The molecule has 1 atom stereocenters. The van der Waals surface area contributed by atoms with E-state index >= 15 is 0 Å². The van der Waals surface area contributed by atoms with Crippen LogP contribution in [0.3, 0.4) is 0 Å². The van der Waals surface area contributed by atoms with Gasteiger partial charge < -0.3 is 9.64 Å². The maximum Gasteiger partial charge on any atom is 0.323 e. The molecule has 3 heterocycles. The first-order valence-corrected chi connectivity index (χ1v) is 7.63. The Morgan fingerprint density at radius 1 is 1.52 bits per heavy atom. The largest absolute Gasteiger partial charge is 0.372 e. The Hall–Kier alpha value is -2.48. The molecule has 2 amide bonds. The van der Waals surface area contributed by atoms with Crippen LogP contribution in [0.4, 0.5) is 10.6 Å². The molecule has 8 heteroatoms. The van der Waals surface area contributed by atoms with Gasteiger partial charge in [-0.05, 0) is 24.5 Å². The smallest absolute Gasteiger partial charge is 0.323 e. The highest BCUT2D eigenvalue weighted by Crippen LogP contribution is 2.16. The minimum Gasteiger partial charge on any atom is -0.372 e. The summed E-state index contributed by atoms with van der Waals surface area (Å²) in [5.41, 5.74) is 1.04. The van der Waals surface area contributed by atoms with Crippen molar-refractivity contribution in [3.05, 3.63) is 36.3 Å². The number of amides is 2. The SMILES string of the molecule is Cn1cc(NC(=O)N2CCC[C@H](OCc3cccnc3)C2)nn1. The summed E-state index contributed by atoms with van der Waals surface area (Å²) >= 11 is 0. The molecule has 8 nitrogen and oxygen atoms in total. The normalized spacial score (nSPS) is 18.0. The lowest BCUT2D eigenvalue weighted by Gasteiger charge is -2.32. The molecule has 0 aromatic carbocycles. The van der Waals surface area contributed by atoms with Gasteiger partial charge in [0, 0.05) is 32.5 Å². The number of ether oxygens (including phenoxy) is 1. The molecule has 0 spiro atoms. The topological polar surface area (TPSA) is 85.2 Å². The van der Waals surface area contributed by atoms with Gasteiger partial charge in [-0.1, -0.05) is 11.3 Å². The third-order valence-corrected chi connectivity index (χ3v) is 3.71. The zero-order valence-electron chi connectivity index (χ0n) is 13.1. The van der Waals surface area contributed by atoms with Gasteiger partial charge in [0.1, 0.15) is 0 Å². The monoisotopic (exact) mass is 316 g/mol. The van der Waals surface area contributed by atoms with E-state index in [1.54, 1.807) is 35.2 Å². The molecule has 0 aliphatic carbocycles. The number of anilines is 1. The van der Waals surface area contributed by atoms with Crippen LogP contribution in [0.2, 0.25) is 0 Å². The lowest BCUT2D eigenvalue weighted by molar-refractivity contribution is 0.000908. The van der Waals surface area contributed by atoms with E-state index in [1.807, 2.05) is 12.1 Å². The van der Waals surface area contributed by atoms with E-state index in [0.717, 1.165) is 24.9 Å². The fraction of sp³-hybridized carbons (Fsp3) is 0.467. The fourth-order valence-electron chi connectivity index (χ4n) is 2.55. The van der Waals surface area contributed by atoms with Crippen LogP contribution >= 0.6 is 0 Å². The summed E-state index contributed by atoms with van der Waals surface area (Å²) in [6.45, 7) is 1.81. The number of nitrogens with one attached hydrogen (secondary N) is 1. The van der Waals surface area contributed by atoms with Crippen molar-refractivity contribution in [2.45, 2.75) is 25.6 Å². The molecule has 1 aliphatic heterocycles.